The summed E-state index contributed by atoms with van der Waals surface area (Å²) in [5.74, 6) is 2.51. The first-order valence-electron chi connectivity index (χ1n) is 9.27. The fraction of sp³-hybridized carbons (Fsp3) is 0.500. The standard InChI is InChI=1S/C20H29N5O/c1-16-8-11-24(14-19(16)25-12-10-22-15-25)20(21-2)23-9-7-17-5-4-6-18(13-17)26-3/h4-6,10,12-13,15-16,19H,7-9,11,14H2,1-3H3,(H,21,23). The average Bonchev–Trinajstić information content (AvgIpc) is 3.20. The van der Waals surface area contributed by atoms with Crippen LogP contribution in [0.15, 0.2) is 48.0 Å². The van der Waals surface area contributed by atoms with Gasteiger partial charge < -0.3 is 19.5 Å². The van der Waals surface area contributed by atoms with Gasteiger partial charge >= 0.3 is 0 Å². The van der Waals surface area contributed by atoms with Crippen LogP contribution in [-0.4, -0.2) is 54.2 Å². The van der Waals surface area contributed by atoms with Gasteiger partial charge in [0.2, 0.25) is 0 Å². The molecule has 2 heterocycles. The predicted molar refractivity (Wildman–Crippen MR) is 105 cm³/mol. The summed E-state index contributed by atoms with van der Waals surface area (Å²) in [6.07, 6.45) is 7.92. The average molecular weight is 355 g/mol. The van der Waals surface area contributed by atoms with E-state index in [1.807, 2.05) is 31.7 Å². The molecule has 0 amide bonds. The molecule has 26 heavy (non-hydrogen) atoms. The number of nitrogens with one attached hydrogen (secondary N) is 1. The molecule has 0 bridgehead atoms. The highest BCUT2D eigenvalue weighted by Gasteiger charge is 2.28. The third-order valence-corrected chi connectivity index (χ3v) is 5.17. The summed E-state index contributed by atoms with van der Waals surface area (Å²) in [5, 5.41) is 3.52. The molecular formula is C20H29N5O. The van der Waals surface area contributed by atoms with Gasteiger partial charge in [-0.15, -0.1) is 0 Å². The van der Waals surface area contributed by atoms with Crippen molar-refractivity contribution in [2.45, 2.75) is 25.8 Å². The van der Waals surface area contributed by atoms with Gasteiger partial charge in [-0.05, 0) is 36.5 Å². The van der Waals surface area contributed by atoms with E-state index in [2.05, 4.69) is 50.0 Å². The molecule has 3 rings (SSSR count). The van der Waals surface area contributed by atoms with E-state index in [0.717, 1.165) is 44.2 Å². The van der Waals surface area contributed by atoms with Crippen LogP contribution in [0.25, 0.3) is 0 Å². The lowest BCUT2D eigenvalue weighted by atomic mass is 9.93. The number of benzene rings is 1. The van der Waals surface area contributed by atoms with Crippen LogP contribution < -0.4 is 10.1 Å². The molecule has 0 saturated carbocycles. The van der Waals surface area contributed by atoms with Crippen LogP contribution in [0.1, 0.15) is 24.9 Å². The number of hydrogen-bond donors (Lipinski definition) is 1. The lowest BCUT2D eigenvalue weighted by Crippen LogP contribution is -2.49. The fourth-order valence-corrected chi connectivity index (χ4v) is 3.57. The van der Waals surface area contributed by atoms with E-state index >= 15 is 0 Å². The van der Waals surface area contributed by atoms with Gasteiger partial charge in [0.05, 0.1) is 19.5 Å². The van der Waals surface area contributed by atoms with Crippen molar-refractivity contribution in [3.05, 3.63) is 48.5 Å². The van der Waals surface area contributed by atoms with E-state index in [1.54, 1.807) is 7.11 Å². The minimum Gasteiger partial charge on any atom is -0.497 e. The molecule has 2 aromatic rings. The molecule has 0 aliphatic carbocycles. The molecule has 0 radical (unpaired) electrons. The van der Waals surface area contributed by atoms with E-state index in [-0.39, 0.29) is 0 Å². The highest BCUT2D eigenvalue weighted by molar-refractivity contribution is 5.80. The normalized spacial score (nSPS) is 20.9. The first-order chi connectivity index (χ1) is 12.7. The van der Waals surface area contributed by atoms with E-state index in [9.17, 15) is 0 Å². The maximum atomic E-state index is 5.30. The van der Waals surface area contributed by atoms with Crippen LogP contribution >= 0.6 is 0 Å². The highest BCUT2D eigenvalue weighted by atomic mass is 16.5. The van der Waals surface area contributed by atoms with Crippen LogP contribution in [0.5, 0.6) is 5.75 Å². The first kappa shape index (κ1) is 18.3. The molecule has 6 nitrogen and oxygen atoms in total. The van der Waals surface area contributed by atoms with Gasteiger partial charge in [0.1, 0.15) is 5.75 Å². The Morgan fingerprint density at radius 1 is 1.42 bits per heavy atom. The van der Waals surface area contributed by atoms with Crippen molar-refractivity contribution in [1.29, 1.82) is 0 Å². The summed E-state index contributed by atoms with van der Waals surface area (Å²) in [5.41, 5.74) is 1.26. The number of aliphatic imine (C=N–C) groups is 1. The molecule has 1 aliphatic heterocycles. The van der Waals surface area contributed by atoms with Crippen molar-refractivity contribution >= 4 is 5.96 Å². The van der Waals surface area contributed by atoms with Crippen LogP contribution in [0.4, 0.5) is 0 Å². The SMILES string of the molecule is CN=C(NCCc1cccc(OC)c1)N1CCC(C)C(n2ccnc2)C1. The zero-order valence-corrected chi connectivity index (χ0v) is 15.9. The Morgan fingerprint density at radius 3 is 3.04 bits per heavy atom. The lowest BCUT2D eigenvalue weighted by Gasteiger charge is -2.39. The maximum absolute atomic E-state index is 5.30. The highest BCUT2D eigenvalue weighted by Crippen LogP contribution is 2.27. The van der Waals surface area contributed by atoms with Gasteiger partial charge in [-0.2, -0.15) is 0 Å². The first-order valence-corrected chi connectivity index (χ1v) is 9.27. The second-order valence-electron chi connectivity index (χ2n) is 6.86. The van der Waals surface area contributed by atoms with Crippen molar-refractivity contribution in [2.75, 3.05) is 33.8 Å². The zero-order chi connectivity index (χ0) is 18.4. The second kappa shape index (κ2) is 8.74. The summed E-state index contributed by atoms with van der Waals surface area (Å²) < 4.78 is 7.52. The van der Waals surface area contributed by atoms with Crippen LogP contribution in [0.3, 0.4) is 0 Å². The van der Waals surface area contributed by atoms with Crippen LogP contribution in [0.2, 0.25) is 0 Å². The Bertz CT molecular complexity index is 713. The number of ether oxygens (including phenoxy) is 1. The van der Waals surface area contributed by atoms with Crippen molar-refractivity contribution in [3.8, 4) is 5.75 Å². The van der Waals surface area contributed by atoms with Gasteiger partial charge in [-0.3, -0.25) is 4.99 Å². The Balaban J connectivity index is 1.56. The van der Waals surface area contributed by atoms with Crippen molar-refractivity contribution in [1.82, 2.24) is 19.8 Å². The summed E-state index contributed by atoms with van der Waals surface area (Å²) in [6.45, 7) is 5.16. The van der Waals surface area contributed by atoms with Gasteiger partial charge in [0.15, 0.2) is 5.96 Å². The number of imidazole rings is 1. The van der Waals surface area contributed by atoms with Crippen molar-refractivity contribution in [2.24, 2.45) is 10.9 Å². The Hall–Kier alpha value is -2.50. The number of aromatic nitrogens is 2. The number of methoxy groups -OCH3 is 1. The molecule has 2 atom stereocenters. The summed E-state index contributed by atoms with van der Waals surface area (Å²) >= 11 is 0. The van der Waals surface area contributed by atoms with Crippen molar-refractivity contribution in [3.63, 3.8) is 0 Å². The van der Waals surface area contributed by atoms with E-state index in [0.29, 0.717) is 12.0 Å². The fourth-order valence-electron chi connectivity index (χ4n) is 3.57. The molecule has 1 aromatic carbocycles. The number of rotatable bonds is 5. The number of likely N-dealkylation sites (tertiary alicyclic amines) is 1. The molecule has 1 N–H and O–H groups in total. The molecule has 0 spiro atoms. The topological polar surface area (TPSA) is 54.7 Å². The Morgan fingerprint density at radius 2 is 2.31 bits per heavy atom. The summed E-state index contributed by atoms with van der Waals surface area (Å²) in [7, 11) is 3.56. The number of guanidine groups is 1. The monoisotopic (exact) mass is 355 g/mol. The second-order valence-corrected chi connectivity index (χ2v) is 6.86. The zero-order valence-electron chi connectivity index (χ0n) is 15.9. The quantitative estimate of drug-likeness (QED) is 0.662. The molecule has 1 aliphatic rings. The largest absolute Gasteiger partial charge is 0.497 e. The predicted octanol–water partition coefficient (Wildman–Crippen LogP) is 2.59. The van der Waals surface area contributed by atoms with Crippen LogP contribution in [0, 0.1) is 5.92 Å². The third kappa shape index (κ3) is 4.36. The van der Waals surface area contributed by atoms with Gasteiger partial charge in [-0.25, -0.2) is 4.98 Å². The van der Waals surface area contributed by atoms with E-state index in [1.165, 1.54) is 5.56 Å². The Kier molecular flexibility index (Phi) is 6.15. The Labute approximate surface area is 155 Å². The molecule has 1 aromatic heterocycles. The minimum absolute atomic E-state index is 0.434. The van der Waals surface area contributed by atoms with E-state index < -0.39 is 0 Å². The number of hydrogen-bond acceptors (Lipinski definition) is 3. The summed E-state index contributed by atoms with van der Waals surface area (Å²) in [6, 6.07) is 8.65. The van der Waals surface area contributed by atoms with Gasteiger partial charge in [0.25, 0.3) is 0 Å². The lowest BCUT2D eigenvalue weighted by molar-refractivity contribution is 0.189. The number of nitrogens with zero attached hydrogens (tertiary/aromatic N) is 4. The molecular weight excluding hydrogens is 326 g/mol. The van der Waals surface area contributed by atoms with Crippen LogP contribution in [-0.2, 0) is 6.42 Å². The smallest absolute Gasteiger partial charge is 0.193 e. The van der Waals surface area contributed by atoms with Gasteiger partial charge in [0, 0.05) is 39.1 Å². The third-order valence-electron chi connectivity index (χ3n) is 5.17. The molecule has 2 unspecified atom stereocenters. The molecule has 1 saturated heterocycles. The maximum Gasteiger partial charge on any atom is 0.193 e. The molecule has 1 fully saturated rings. The molecule has 6 heteroatoms. The number of piperidine rings is 1. The molecule has 140 valence electrons. The van der Waals surface area contributed by atoms with E-state index in [4.69, 9.17) is 4.74 Å². The van der Waals surface area contributed by atoms with Gasteiger partial charge in [-0.1, -0.05) is 19.1 Å². The van der Waals surface area contributed by atoms with Crippen molar-refractivity contribution < 1.29 is 4.74 Å². The summed E-state index contributed by atoms with van der Waals surface area (Å²) in [4.78, 5) is 11.1. The minimum atomic E-state index is 0.434.